The first-order chi connectivity index (χ1) is 33.8. The molecule has 408 valence electrons. The summed E-state index contributed by atoms with van der Waals surface area (Å²) >= 11 is 0. The monoisotopic (exact) mass is 978 g/mol. The quantitative estimate of drug-likeness (QED) is 0.0261. The van der Waals surface area contributed by atoms with Gasteiger partial charge in [-0.05, 0) is 32.1 Å². The fourth-order valence-electron chi connectivity index (χ4n) is 9.76. The van der Waals surface area contributed by atoms with Crippen LogP contribution in [-0.2, 0) is 14.3 Å². The number of carbonyl (C=O) groups is 1. The molecule has 0 spiro atoms. The zero-order valence-corrected chi connectivity index (χ0v) is 45.3. The van der Waals surface area contributed by atoms with Crippen LogP contribution >= 0.6 is 0 Å². The summed E-state index contributed by atoms with van der Waals surface area (Å²) in [5.41, 5.74) is 0. The summed E-state index contributed by atoms with van der Waals surface area (Å²) in [6.45, 7) is 3.76. The van der Waals surface area contributed by atoms with Gasteiger partial charge in [0.05, 0.1) is 25.4 Å². The molecule has 1 rings (SSSR count). The standard InChI is InChI=1S/C60H115NO8/c1-3-5-7-9-11-13-15-16-17-18-19-20-21-22-23-24-25-26-27-28-29-30-31-32-33-34-35-36-37-38-40-42-44-46-48-50-56(64)61-53(52-68-60-59(67)58(66)57(65)55(51-62)69-60)54(63)49-47-45-43-41-39-14-12-10-8-6-4-2/h39,41,47,49,53-55,57-60,62-63,65-67H,3-38,40,42-46,48,50-52H2,1-2H3,(H,61,64)/b41-39+,49-47+. The van der Waals surface area contributed by atoms with Gasteiger partial charge in [0.2, 0.25) is 5.91 Å². The van der Waals surface area contributed by atoms with Gasteiger partial charge >= 0.3 is 0 Å². The number of aliphatic hydroxyl groups is 5. The smallest absolute Gasteiger partial charge is 0.220 e. The van der Waals surface area contributed by atoms with E-state index >= 15 is 0 Å². The van der Waals surface area contributed by atoms with Crippen molar-refractivity contribution >= 4 is 5.91 Å². The van der Waals surface area contributed by atoms with Gasteiger partial charge in [-0.15, -0.1) is 0 Å². The molecule has 0 saturated carbocycles. The van der Waals surface area contributed by atoms with Crippen molar-refractivity contribution in [3.63, 3.8) is 0 Å². The summed E-state index contributed by atoms with van der Waals surface area (Å²) in [5, 5.41) is 54.3. The van der Waals surface area contributed by atoms with Crippen LogP contribution in [0.4, 0.5) is 0 Å². The van der Waals surface area contributed by atoms with Crippen LogP contribution in [0.3, 0.4) is 0 Å². The SMILES string of the molecule is CCCCCCC/C=C/CC/C=C/C(O)C(COC1OC(CO)C(O)C(O)C1O)NC(=O)CCCCCCCCCCCCCCCCCCCCCCCCCCCCCCCCCCCCC. The molecule has 1 aliphatic rings. The van der Waals surface area contributed by atoms with Gasteiger partial charge in [-0.1, -0.05) is 282 Å². The summed E-state index contributed by atoms with van der Waals surface area (Å²) in [4.78, 5) is 13.0. The van der Waals surface area contributed by atoms with Crippen LogP contribution in [0.2, 0.25) is 0 Å². The van der Waals surface area contributed by atoms with Gasteiger partial charge in [0.25, 0.3) is 0 Å². The van der Waals surface area contributed by atoms with Crippen molar-refractivity contribution in [1.29, 1.82) is 0 Å². The molecule has 1 saturated heterocycles. The van der Waals surface area contributed by atoms with E-state index in [1.165, 1.54) is 238 Å². The average Bonchev–Trinajstić information content (AvgIpc) is 3.35. The third-order valence-electron chi connectivity index (χ3n) is 14.5. The Bertz CT molecular complexity index is 1130. The van der Waals surface area contributed by atoms with Crippen molar-refractivity contribution in [1.82, 2.24) is 5.32 Å². The van der Waals surface area contributed by atoms with E-state index < -0.39 is 49.5 Å². The third kappa shape index (κ3) is 39.8. The molecular formula is C60H115NO8. The molecule has 0 aromatic carbocycles. The number of carbonyl (C=O) groups excluding carboxylic acids is 1. The lowest BCUT2D eigenvalue weighted by Gasteiger charge is -2.40. The lowest BCUT2D eigenvalue weighted by molar-refractivity contribution is -0.302. The molecule has 1 fully saturated rings. The van der Waals surface area contributed by atoms with E-state index in [1.54, 1.807) is 6.08 Å². The second-order valence-electron chi connectivity index (χ2n) is 21.1. The summed E-state index contributed by atoms with van der Waals surface area (Å²) < 4.78 is 11.2. The predicted molar refractivity (Wildman–Crippen MR) is 290 cm³/mol. The first-order valence-electron chi connectivity index (χ1n) is 30.1. The van der Waals surface area contributed by atoms with E-state index in [0.29, 0.717) is 6.42 Å². The molecule has 7 atom stereocenters. The summed E-state index contributed by atoms with van der Waals surface area (Å²) in [6, 6.07) is -0.817. The van der Waals surface area contributed by atoms with Gasteiger partial charge in [0.15, 0.2) is 6.29 Å². The first-order valence-corrected chi connectivity index (χ1v) is 30.1. The molecule has 0 bridgehead atoms. The van der Waals surface area contributed by atoms with Gasteiger partial charge in [-0.25, -0.2) is 0 Å². The lowest BCUT2D eigenvalue weighted by Crippen LogP contribution is -2.60. The molecule has 0 aliphatic carbocycles. The van der Waals surface area contributed by atoms with Gasteiger partial charge in [0.1, 0.15) is 24.4 Å². The Labute approximate surface area is 426 Å². The molecule has 1 heterocycles. The van der Waals surface area contributed by atoms with Crippen molar-refractivity contribution in [3.8, 4) is 0 Å². The highest BCUT2D eigenvalue weighted by Crippen LogP contribution is 2.23. The van der Waals surface area contributed by atoms with Crippen LogP contribution < -0.4 is 5.32 Å². The zero-order valence-electron chi connectivity index (χ0n) is 45.3. The second-order valence-corrected chi connectivity index (χ2v) is 21.1. The Morgan fingerprint density at radius 1 is 0.478 bits per heavy atom. The Hall–Kier alpha value is -1.33. The number of rotatable bonds is 52. The molecule has 1 amide bonds. The van der Waals surface area contributed by atoms with E-state index in [4.69, 9.17) is 9.47 Å². The minimum atomic E-state index is -1.57. The lowest BCUT2D eigenvalue weighted by atomic mass is 9.99. The van der Waals surface area contributed by atoms with Gasteiger partial charge < -0.3 is 40.3 Å². The topological polar surface area (TPSA) is 149 Å². The van der Waals surface area contributed by atoms with Crippen molar-refractivity contribution < 1.29 is 39.8 Å². The van der Waals surface area contributed by atoms with Crippen LogP contribution in [0.1, 0.15) is 296 Å². The van der Waals surface area contributed by atoms with Crippen LogP contribution in [0.25, 0.3) is 0 Å². The number of amides is 1. The molecule has 6 N–H and O–H groups in total. The molecule has 0 aromatic heterocycles. The number of hydrogen-bond acceptors (Lipinski definition) is 8. The third-order valence-corrected chi connectivity index (χ3v) is 14.5. The zero-order chi connectivity index (χ0) is 50.1. The molecule has 0 radical (unpaired) electrons. The average molecular weight is 979 g/mol. The fraction of sp³-hybridized carbons (Fsp3) is 0.917. The van der Waals surface area contributed by atoms with Gasteiger partial charge in [0, 0.05) is 6.42 Å². The van der Waals surface area contributed by atoms with E-state index in [0.717, 1.165) is 38.5 Å². The largest absolute Gasteiger partial charge is 0.394 e. The molecular weight excluding hydrogens is 863 g/mol. The number of allylic oxidation sites excluding steroid dienone is 3. The molecule has 69 heavy (non-hydrogen) atoms. The minimum absolute atomic E-state index is 0.183. The number of unbranched alkanes of at least 4 members (excludes halogenated alkanes) is 40. The van der Waals surface area contributed by atoms with Crippen molar-refractivity contribution in [2.45, 2.75) is 339 Å². The Kier molecular flexibility index (Phi) is 47.8. The predicted octanol–water partition coefficient (Wildman–Crippen LogP) is 15.0. The number of aliphatic hydroxyl groups excluding tert-OH is 5. The fourth-order valence-corrected chi connectivity index (χ4v) is 9.76. The normalized spacial score (nSPS) is 19.6. The summed E-state index contributed by atoms with van der Waals surface area (Å²) in [6.07, 6.45) is 57.2. The van der Waals surface area contributed by atoms with Gasteiger partial charge in [-0.3, -0.25) is 4.79 Å². The van der Waals surface area contributed by atoms with Crippen molar-refractivity contribution in [2.24, 2.45) is 0 Å². The molecule has 7 unspecified atom stereocenters. The van der Waals surface area contributed by atoms with Crippen molar-refractivity contribution in [3.05, 3.63) is 24.3 Å². The van der Waals surface area contributed by atoms with E-state index in [9.17, 15) is 30.3 Å². The van der Waals surface area contributed by atoms with E-state index in [1.807, 2.05) is 6.08 Å². The number of nitrogens with one attached hydrogen (secondary N) is 1. The first kappa shape index (κ1) is 65.7. The van der Waals surface area contributed by atoms with E-state index in [-0.39, 0.29) is 12.5 Å². The molecule has 0 aromatic rings. The molecule has 9 nitrogen and oxygen atoms in total. The maximum absolute atomic E-state index is 13.0. The van der Waals surface area contributed by atoms with E-state index in [2.05, 4.69) is 31.3 Å². The highest BCUT2D eigenvalue weighted by Gasteiger charge is 2.44. The minimum Gasteiger partial charge on any atom is -0.394 e. The number of ether oxygens (including phenoxy) is 2. The number of hydrogen-bond donors (Lipinski definition) is 6. The van der Waals surface area contributed by atoms with Crippen LogP contribution in [-0.4, -0.2) is 87.5 Å². The van der Waals surface area contributed by atoms with Crippen LogP contribution in [0.15, 0.2) is 24.3 Å². The van der Waals surface area contributed by atoms with Gasteiger partial charge in [-0.2, -0.15) is 0 Å². The molecule has 1 aliphatic heterocycles. The summed E-state index contributed by atoms with van der Waals surface area (Å²) in [5.74, 6) is -0.183. The molecule has 9 heteroatoms. The highest BCUT2D eigenvalue weighted by atomic mass is 16.7. The van der Waals surface area contributed by atoms with Crippen molar-refractivity contribution in [2.75, 3.05) is 13.2 Å². The highest BCUT2D eigenvalue weighted by molar-refractivity contribution is 5.76. The van der Waals surface area contributed by atoms with Crippen LogP contribution in [0.5, 0.6) is 0 Å². The Morgan fingerprint density at radius 2 is 0.826 bits per heavy atom. The maximum atomic E-state index is 13.0. The summed E-state index contributed by atoms with van der Waals surface area (Å²) in [7, 11) is 0. The maximum Gasteiger partial charge on any atom is 0.220 e. The van der Waals surface area contributed by atoms with Crippen LogP contribution in [0, 0.1) is 0 Å². The second kappa shape index (κ2) is 50.2. The Morgan fingerprint density at radius 3 is 1.22 bits per heavy atom. The Balaban J connectivity index is 2.04.